The molecule has 0 saturated carbocycles. The van der Waals surface area contributed by atoms with Crippen LogP contribution in [-0.4, -0.2) is 41.5 Å². The van der Waals surface area contributed by atoms with E-state index in [4.69, 9.17) is 5.11 Å². The first-order chi connectivity index (χ1) is 8.45. The first-order valence-electron chi connectivity index (χ1n) is 5.76. The van der Waals surface area contributed by atoms with Crippen molar-refractivity contribution in [1.29, 1.82) is 0 Å². The summed E-state index contributed by atoms with van der Waals surface area (Å²) < 4.78 is 0. The van der Waals surface area contributed by atoms with E-state index in [9.17, 15) is 9.59 Å². The van der Waals surface area contributed by atoms with Gasteiger partial charge in [0.05, 0.1) is 6.04 Å². The summed E-state index contributed by atoms with van der Waals surface area (Å²) in [6.45, 7) is 4.90. The minimum atomic E-state index is -0.916. The number of carbonyl (C=O) groups is 2. The largest absolute Gasteiger partial charge is 0.477 e. The molecule has 0 fully saturated rings. The van der Waals surface area contributed by atoms with Crippen molar-refractivity contribution >= 4 is 23.2 Å². The van der Waals surface area contributed by atoms with Crippen LogP contribution in [0.2, 0.25) is 0 Å². The zero-order valence-electron chi connectivity index (χ0n) is 10.8. The SMILES string of the molecule is CCN(C)C(=O)C(C)NCc1ccc(C(=O)O)s1. The van der Waals surface area contributed by atoms with E-state index in [0.717, 1.165) is 4.88 Å². The summed E-state index contributed by atoms with van der Waals surface area (Å²) in [7, 11) is 1.76. The molecule has 5 nitrogen and oxygen atoms in total. The van der Waals surface area contributed by atoms with Crippen molar-refractivity contribution in [3.63, 3.8) is 0 Å². The molecule has 0 aliphatic carbocycles. The molecule has 0 aromatic carbocycles. The van der Waals surface area contributed by atoms with E-state index in [1.165, 1.54) is 11.3 Å². The zero-order chi connectivity index (χ0) is 13.7. The average molecular weight is 270 g/mol. The van der Waals surface area contributed by atoms with Crippen molar-refractivity contribution in [2.24, 2.45) is 0 Å². The molecule has 1 aromatic heterocycles. The number of aromatic carboxylic acids is 1. The van der Waals surface area contributed by atoms with E-state index in [-0.39, 0.29) is 11.9 Å². The maximum absolute atomic E-state index is 11.8. The Morgan fingerprint density at radius 3 is 2.67 bits per heavy atom. The molecular weight excluding hydrogens is 252 g/mol. The molecule has 1 amide bonds. The molecule has 0 bridgehead atoms. The molecule has 18 heavy (non-hydrogen) atoms. The monoisotopic (exact) mass is 270 g/mol. The number of hydrogen-bond donors (Lipinski definition) is 2. The van der Waals surface area contributed by atoms with Crippen molar-refractivity contribution in [3.8, 4) is 0 Å². The van der Waals surface area contributed by atoms with E-state index in [2.05, 4.69) is 5.32 Å². The van der Waals surface area contributed by atoms with E-state index < -0.39 is 5.97 Å². The minimum absolute atomic E-state index is 0.0347. The number of amides is 1. The van der Waals surface area contributed by atoms with Crippen LogP contribution in [0, 0.1) is 0 Å². The Balaban J connectivity index is 2.49. The number of carboxylic acid groups (broad SMARTS) is 1. The molecule has 2 N–H and O–H groups in total. The molecule has 1 atom stereocenters. The minimum Gasteiger partial charge on any atom is -0.477 e. The molecule has 100 valence electrons. The van der Waals surface area contributed by atoms with E-state index in [1.54, 1.807) is 31.0 Å². The Hall–Kier alpha value is -1.40. The number of carbonyl (C=O) groups excluding carboxylic acids is 1. The van der Waals surface area contributed by atoms with E-state index >= 15 is 0 Å². The molecule has 0 spiro atoms. The van der Waals surface area contributed by atoms with Crippen LogP contribution in [0.4, 0.5) is 0 Å². The number of carboxylic acids is 1. The Labute approximate surface area is 110 Å². The van der Waals surface area contributed by atoms with Gasteiger partial charge in [-0.25, -0.2) is 4.79 Å². The summed E-state index contributed by atoms with van der Waals surface area (Å²) in [5.41, 5.74) is 0. The van der Waals surface area contributed by atoms with E-state index in [0.29, 0.717) is 18.0 Å². The molecule has 6 heteroatoms. The molecule has 1 rings (SSSR count). The van der Waals surface area contributed by atoms with Crippen molar-refractivity contribution in [2.75, 3.05) is 13.6 Å². The van der Waals surface area contributed by atoms with Gasteiger partial charge in [-0.1, -0.05) is 0 Å². The van der Waals surface area contributed by atoms with Gasteiger partial charge in [0, 0.05) is 25.0 Å². The van der Waals surface area contributed by atoms with Gasteiger partial charge in [-0.3, -0.25) is 4.79 Å². The third kappa shape index (κ3) is 3.82. The molecular formula is C12H18N2O3S. The highest BCUT2D eigenvalue weighted by molar-refractivity contribution is 7.13. The second kappa shape index (κ2) is 6.51. The highest BCUT2D eigenvalue weighted by Crippen LogP contribution is 2.16. The van der Waals surface area contributed by atoms with Crippen LogP contribution in [-0.2, 0) is 11.3 Å². The van der Waals surface area contributed by atoms with Gasteiger partial charge in [0.1, 0.15) is 4.88 Å². The van der Waals surface area contributed by atoms with Crippen molar-refractivity contribution < 1.29 is 14.7 Å². The number of nitrogens with one attached hydrogen (secondary N) is 1. The lowest BCUT2D eigenvalue weighted by Crippen LogP contribution is -2.42. The van der Waals surface area contributed by atoms with Crippen LogP contribution in [0.3, 0.4) is 0 Å². The van der Waals surface area contributed by atoms with Crippen LogP contribution in [0.5, 0.6) is 0 Å². The van der Waals surface area contributed by atoms with Gasteiger partial charge in [0.2, 0.25) is 5.91 Å². The van der Waals surface area contributed by atoms with Gasteiger partial charge in [0.15, 0.2) is 0 Å². The van der Waals surface area contributed by atoms with Crippen LogP contribution < -0.4 is 5.32 Å². The van der Waals surface area contributed by atoms with Gasteiger partial charge in [-0.05, 0) is 26.0 Å². The third-order valence-electron chi connectivity index (χ3n) is 2.68. The number of thiophene rings is 1. The number of rotatable bonds is 6. The average Bonchev–Trinajstić information content (AvgIpc) is 2.82. The number of hydrogen-bond acceptors (Lipinski definition) is 4. The lowest BCUT2D eigenvalue weighted by Gasteiger charge is -2.20. The summed E-state index contributed by atoms with van der Waals surface area (Å²) in [6, 6.07) is 3.07. The van der Waals surface area contributed by atoms with Crippen LogP contribution in [0.25, 0.3) is 0 Å². The zero-order valence-corrected chi connectivity index (χ0v) is 11.6. The Morgan fingerprint density at radius 2 is 2.17 bits per heavy atom. The van der Waals surface area contributed by atoms with Gasteiger partial charge >= 0.3 is 5.97 Å². The van der Waals surface area contributed by atoms with Gasteiger partial charge < -0.3 is 15.3 Å². The first kappa shape index (κ1) is 14.7. The molecule has 0 aliphatic rings. The topological polar surface area (TPSA) is 69.6 Å². The Morgan fingerprint density at radius 1 is 1.50 bits per heavy atom. The van der Waals surface area contributed by atoms with Crippen molar-refractivity contribution in [1.82, 2.24) is 10.2 Å². The van der Waals surface area contributed by atoms with Crippen molar-refractivity contribution in [2.45, 2.75) is 26.4 Å². The molecule has 1 heterocycles. The predicted octanol–water partition coefficient (Wildman–Crippen LogP) is 1.40. The molecule has 1 unspecified atom stereocenters. The first-order valence-corrected chi connectivity index (χ1v) is 6.57. The van der Waals surface area contributed by atoms with Gasteiger partial charge in [0.25, 0.3) is 0 Å². The number of likely N-dealkylation sites (N-methyl/N-ethyl adjacent to an activating group) is 1. The summed E-state index contributed by atoms with van der Waals surface area (Å²) in [5.74, 6) is -0.881. The van der Waals surface area contributed by atoms with Crippen LogP contribution in [0.1, 0.15) is 28.4 Å². The lowest BCUT2D eigenvalue weighted by molar-refractivity contribution is -0.131. The second-order valence-corrected chi connectivity index (χ2v) is 5.19. The molecule has 0 radical (unpaired) electrons. The molecule has 1 aromatic rings. The van der Waals surface area contributed by atoms with Gasteiger partial charge in [-0.2, -0.15) is 0 Å². The summed E-state index contributed by atoms with van der Waals surface area (Å²) in [6.07, 6.45) is 0. The summed E-state index contributed by atoms with van der Waals surface area (Å²) >= 11 is 1.22. The van der Waals surface area contributed by atoms with Gasteiger partial charge in [-0.15, -0.1) is 11.3 Å². The van der Waals surface area contributed by atoms with Crippen molar-refractivity contribution in [3.05, 3.63) is 21.9 Å². The quantitative estimate of drug-likeness (QED) is 0.820. The fourth-order valence-corrected chi connectivity index (χ4v) is 2.21. The maximum atomic E-state index is 11.8. The fourth-order valence-electron chi connectivity index (χ4n) is 1.42. The summed E-state index contributed by atoms with van der Waals surface area (Å²) in [5, 5.41) is 11.9. The summed E-state index contributed by atoms with van der Waals surface area (Å²) in [4.78, 5) is 25.4. The second-order valence-electron chi connectivity index (χ2n) is 4.03. The normalized spacial score (nSPS) is 12.2. The highest BCUT2D eigenvalue weighted by atomic mass is 32.1. The Bertz CT molecular complexity index is 431. The van der Waals surface area contributed by atoms with Crippen LogP contribution in [0.15, 0.2) is 12.1 Å². The standard InChI is InChI=1S/C12H18N2O3S/c1-4-14(3)11(15)8(2)13-7-9-5-6-10(18-9)12(16)17/h5-6,8,13H,4,7H2,1-3H3,(H,16,17). The lowest BCUT2D eigenvalue weighted by atomic mass is 10.3. The molecule has 0 saturated heterocycles. The third-order valence-corrected chi connectivity index (χ3v) is 3.75. The smallest absolute Gasteiger partial charge is 0.345 e. The van der Waals surface area contributed by atoms with Crippen LogP contribution >= 0.6 is 11.3 Å². The predicted molar refractivity (Wildman–Crippen MR) is 70.9 cm³/mol. The fraction of sp³-hybridized carbons (Fsp3) is 0.500. The number of nitrogens with zero attached hydrogens (tertiary/aromatic N) is 1. The Kier molecular flexibility index (Phi) is 5.30. The maximum Gasteiger partial charge on any atom is 0.345 e. The molecule has 0 aliphatic heterocycles. The van der Waals surface area contributed by atoms with E-state index in [1.807, 2.05) is 6.92 Å². The highest BCUT2D eigenvalue weighted by Gasteiger charge is 2.16.